The number of halogens is 3. The molecule has 0 bridgehead atoms. The van der Waals surface area contributed by atoms with Gasteiger partial charge in [0.25, 0.3) is 0 Å². The van der Waals surface area contributed by atoms with Gasteiger partial charge in [0.15, 0.2) is 0 Å². The molecule has 1 saturated heterocycles. The normalized spacial score (nSPS) is 42.0. The third-order valence-corrected chi connectivity index (χ3v) is 10.0. The largest absolute Gasteiger partial charge is 0.573 e. The predicted molar refractivity (Wildman–Crippen MR) is 122 cm³/mol. The monoisotopic (exact) mass is 479 g/mol. The van der Waals surface area contributed by atoms with Crippen LogP contribution in [0.4, 0.5) is 13.2 Å². The number of alkyl halides is 3. The summed E-state index contributed by atoms with van der Waals surface area (Å²) in [5, 5.41) is 0. The molecule has 4 fully saturated rings. The number of carbonyl (C=O) groups is 1. The zero-order chi connectivity index (χ0) is 24.5. The maximum absolute atomic E-state index is 12.4. The Labute approximate surface area is 200 Å². The van der Waals surface area contributed by atoms with E-state index in [4.69, 9.17) is 4.74 Å². The Morgan fingerprint density at radius 2 is 1.71 bits per heavy atom. The summed E-state index contributed by atoms with van der Waals surface area (Å²) in [4.78, 5) is 14.5. The molecule has 0 spiro atoms. The van der Waals surface area contributed by atoms with Crippen molar-refractivity contribution in [2.45, 2.75) is 84.2 Å². The van der Waals surface area contributed by atoms with Crippen molar-refractivity contribution in [2.24, 2.45) is 34.5 Å². The lowest BCUT2D eigenvalue weighted by molar-refractivity contribution is -0.274. The first-order valence-electron chi connectivity index (χ1n) is 12.7. The first-order valence-corrected chi connectivity index (χ1v) is 12.7. The lowest BCUT2D eigenvalue weighted by atomic mass is 9.45. The molecule has 7 heteroatoms. The molecule has 0 radical (unpaired) electrons. The average Bonchev–Trinajstić information content (AvgIpc) is 3.09. The minimum atomic E-state index is -4.69. The van der Waals surface area contributed by atoms with Crippen molar-refractivity contribution in [2.75, 3.05) is 7.05 Å². The molecule has 4 nitrogen and oxygen atoms in total. The lowest BCUT2D eigenvalue weighted by Crippen LogP contribution is -2.62. The van der Waals surface area contributed by atoms with Crippen molar-refractivity contribution in [3.63, 3.8) is 0 Å². The first kappa shape index (κ1) is 23.8. The second kappa shape index (κ2) is 8.06. The van der Waals surface area contributed by atoms with Gasteiger partial charge in [-0.15, -0.1) is 13.2 Å². The molecule has 1 amide bonds. The Hall–Kier alpha value is -1.92. The maximum Gasteiger partial charge on any atom is 0.573 e. The maximum atomic E-state index is 12.4. The van der Waals surface area contributed by atoms with Crippen LogP contribution in [0.5, 0.6) is 11.5 Å². The smallest absolute Gasteiger partial charge is 0.490 e. The molecule has 3 saturated carbocycles. The quantitative estimate of drug-likeness (QED) is 0.501. The van der Waals surface area contributed by atoms with Crippen LogP contribution in [0.15, 0.2) is 24.3 Å². The van der Waals surface area contributed by atoms with Crippen LogP contribution in [0.25, 0.3) is 0 Å². The zero-order valence-electron chi connectivity index (χ0n) is 20.5. The number of piperidine rings is 1. The predicted octanol–water partition coefficient (Wildman–Crippen LogP) is 6.44. The van der Waals surface area contributed by atoms with Crippen LogP contribution in [0, 0.1) is 34.5 Å². The van der Waals surface area contributed by atoms with Crippen LogP contribution in [0.3, 0.4) is 0 Å². The van der Waals surface area contributed by atoms with Crippen LogP contribution in [-0.4, -0.2) is 36.4 Å². The van der Waals surface area contributed by atoms with Crippen LogP contribution in [0.2, 0.25) is 0 Å². The third kappa shape index (κ3) is 3.97. The van der Waals surface area contributed by atoms with Gasteiger partial charge in [-0.05, 0) is 97.3 Å². The van der Waals surface area contributed by atoms with Crippen molar-refractivity contribution in [3.05, 3.63) is 24.3 Å². The number of hydrogen-bond acceptors (Lipinski definition) is 3. The molecule has 8 atom stereocenters. The molecule has 1 aromatic carbocycles. The third-order valence-electron chi connectivity index (χ3n) is 10.0. The second-order valence-electron chi connectivity index (χ2n) is 11.9. The van der Waals surface area contributed by atoms with Crippen molar-refractivity contribution < 1.29 is 27.4 Å². The van der Waals surface area contributed by atoms with E-state index in [1.54, 1.807) is 12.1 Å². The van der Waals surface area contributed by atoms with Gasteiger partial charge in [0.1, 0.15) is 11.5 Å². The summed E-state index contributed by atoms with van der Waals surface area (Å²) in [6.07, 6.45) is 2.42. The number of likely N-dealkylation sites (tertiary alicyclic amines) is 1. The summed E-state index contributed by atoms with van der Waals surface area (Å²) in [7, 11) is 1.99. The molecule has 34 heavy (non-hydrogen) atoms. The fourth-order valence-corrected chi connectivity index (χ4v) is 8.46. The molecule has 5 rings (SSSR count). The van der Waals surface area contributed by atoms with Crippen LogP contribution in [0.1, 0.15) is 65.7 Å². The van der Waals surface area contributed by atoms with Crippen LogP contribution < -0.4 is 9.47 Å². The van der Waals surface area contributed by atoms with Crippen LogP contribution in [-0.2, 0) is 4.79 Å². The van der Waals surface area contributed by atoms with E-state index in [2.05, 4.69) is 25.5 Å². The van der Waals surface area contributed by atoms with Gasteiger partial charge in [-0.2, -0.15) is 0 Å². The summed E-state index contributed by atoms with van der Waals surface area (Å²) >= 11 is 0. The van der Waals surface area contributed by atoms with Crippen molar-refractivity contribution >= 4 is 5.91 Å². The van der Waals surface area contributed by atoms with Gasteiger partial charge in [-0.25, -0.2) is 0 Å². The SMILES string of the molecule is C[C@H]1C[C@H]2N(C)C(=O)CC[C@]2(C)[C@H]2CC[C@]3(C)C[C@@H](Oc4ccc(OC(F)(F)F)cc4)C[C@H]3[C@H]12. The topological polar surface area (TPSA) is 38.8 Å². The summed E-state index contributed by atoms with van der Waals surface area (Å²) in [5.74, 6) is 3.01. The van der Waals surface area contributed by atoms with Crippen molar-refractivity contribution in [3.8, 4) is 11.5 Å². The molecule has 3 aliphatic carbocycles. The Balaban J connectivity index is 1.32. The van der Waals surface area contributed by atoms with E-state index >= 15 is 0 Å². The fraction of sp³-hybridized carbons (Fsp3) is 0.741. The summed E-state index contributed by atoms with van der Waals surface area (Å²) in [6, 6.07) is 6.09. The van der Waals surface area contributed by atoms with Gasteiger partial charge < -0.3 is 14.4 Å². The van der Waals surface area contributed by atoms with E-state index in [0.29, 0.717) is 41.9 Å². The molecule has 188 valence electrons. The highest BCUT2D eigenvalue weighted by Gasteiger charge is 2.62. The molecule has 1 heterocycles. The summed E-state index contributed by atoms with van der Waals surface area (Å²) in [6.45, 7) is 7.22. The highest BCUT2D eigenvalue weighted by Crippen LogP contribution is 2.66. The molecular weight excluding hydrogens is 443 g/mol. The number of rotatable bonds is 3. The number of ether oxygens (including phenoxy) is 2. The Morgan fingerprint density at radius 3 is 2.38 bits per heavy atom. The highest BCUT2D eigenvalue weighted by molar-refractivity contribution is 5.77. The van der Waals surface area contributed by atoms with Gasteiger partial charge in [0.2, 0.25) is 5.91 Å². The first-order chi connectivity index (χ1) is 15.9. The standard InChI is InChI=1S/C27H36F3NO3/c1-16-13-22-26(3,12-10-23(32)31(22)4)20-9-11-25(2)15-19(14-21(25)24(16)20)33-17-5-7-18(8-6-17)34-27(28,29)30/h5-8,16,19-22,24H,9-15H2,1-4H3/t16-,19-,20-,21-,22+,24+,25+,26+/m0/s1. The highest BCUT2D eigenvalue weighted by atomic mass is 19.4. The summed E-state index contributed by atoms with van der Waals surface area (Å²) in [5.41, 5.74) is 0.396. The van der Waals surface area contributed by atoms with Crippen molar-refractivity contribution in [1.29, 1.82) is 0 Å². The lowest BCUT2D eigenvalue weighted by Gasteiger charge is -2.63. The molecular formula is C27H36F3NO3. The van der Waals surface area contributed by atoms with Gasteiger partial charge in [0, 0.05) is 19.5 Å². The van der Waals surface area contributed by atoms with Gasteiger partial charge >= 0.3 is 6.36 Å². The van der Waals surface area contributed by atoms with E-state index < -0.39 is 6.36 Å². The van der Waals surface area contributed by atoms with Gasteiger partial charge in [-0.3, -0.25) is 4.79 Å². The van der Waals surface area contributed by atoms with E-state index in [9.17, 15) is 18.0 Å². The van der Waals surface area contributed by atoms with E-state index in [1.165, 1.54) is 25.0 Å². The molecule has 4 aliphatic rings. The Morgan fingerprint density at radius 1 is 1.03 bits per heavy atom. The molecule has 0 unspecified atom stereocenters. The van der Waals surface area contributed by atoms with Gasteiger partial charge in [0.05, 0.1) is 6.10 Å². The average molecular weight is 480 g/mol. The number of nitrogens with zero attached hydrogens (tertiary/aromatic N) is 1. The zero-order valence-corrected chi connectivity index (χ0v) is 20.5. The molecule has 0 N–H and O–H groups in total. The number of amides is 1. The minimum absolute atomic E-state index is 0.0662. The number of fused-ring (bicyclic) bond motifs is 5. The van der Waals surface area contributed by atoms with Crippen LogP contribution >= 0.6 is 0 Å². The minimum Gasteiger partial charge on any atom is -0.490 e. The second-order valence-corrected chi connectivity index (χ2v) is 11.9. The number of carbonyl (C=O) groups excluding carboxylic acids is 1. The van der Waals surface area contributed by atoms with Crippen molar-refractivity contribution in [1.82, 2.24) is 4.90 Å². The fourth-order valence-electron chi connectivity index (χ4n) is 8.46. The Bertz CT molecular complexity index is 934. The molecule has 0 aromatic heterocycles. The Kier molecular flexibility index (Phi) is 5.64. The van der Waals surface area contributed by atoms with Gasteiger partial charge in [-0.1, -0.05) is 20.8 Å². The summed E-state index contributed by atoms with van der Waals surface area (Å²) < 4.78 is 47.6. The van der Waals surface area contributed by atoms with E-state index in [0.717, 1.165) is 25.7 Å². The number of hydrogen-bond donors (Lipinski definition) is 0. The molecule has 1 aromatic rings. The van der Waals surface area contributed by atoms with E-state index in [1.807, 2.05) is 11.9 Å². The van der Waals surface area contributed by atoms with E-state index in [-0.39, 0.29) is 28.6 Å². The molecule has 1 aliphatic heterocycles. The number of benzene rings is 1.